The Morgan fingerprint density at radius 2 is 1.94 bits per heavy atom. The molecule has 0 aliphatic carbocycles. The fourth-order valence-corrected chi connectivity index (χ4v) is 1.48. The summed E-state index contributed by atoms with van der Waals surface area (Å²) >= 11 is 0. The molecule has 0 aromatic heterocycles. The van der Waals surface area contributed by atoms with Gasteiger partial charge >= 0.3 is 6.09 Å². The zero-order valence-electron chi connectivity index (χ0n) is 11.3. The zero-order chi connectivity index (χ0) is 13.7. The minimum atomic E-state index is -0.410. The van der Waals surface area contributed by atoms with Gasteiger partial charge in [-0.1, -0.05) is 6.07 Å². The first-order valence-corrected chi connectivity index (χ1v) is 5.70. The van der Waals surface area contributed by atoms with Gasteiger partial charge in [0.15, 0.2) is 0 Å². The van der Waals surface area contributed by atoms with Gasteiger partial charge in [-0.2, -0.15) is 0 Å². The van der Waals surface area contributed by atoms with E-state index in [-0.39, 0.29) is 6.61 Å². The van der Waals surface area contributed by atoms with Crippen LogP contribution in [0, 0.1) is 0 Å². The molecule has 5 nitrogen and oxygen atoms in total. The van der Waals surface area contributed by atoms with Crippen molar-refractivity contribution in [2.24, 2.45) is 0 Å². The number of nitrogens with zero attached hydrogens (tertiary/aromatic N) is 2. The molecule has 1 aromatic carbocycles. The van der Waals surface area contributed by atoms with Gasteiger partial charge in [-0.05, 0) is 31.8 Å². The number of hydrogen-bond acceptors (Lipinski definition) is 4. The highest BCUT2D eigenvalue weighted by atomic mass is 16.6. The molecule has 0 unspecified atom stereocenters. The number of carbonyl (C=O) groups excluding carboxylic acids is 1. The van der Waals surface area contributed by atoms with Gasteiger partial charge in [0, 0.05) is 26.2 Å². The fraction of sp³-hybridized carbons (Fsp3) is 0.462. The Morgan fingerprint density at radius 3 is 2.44 bits per heavy atom. The number of benzene rings is 1. The number of rotatable bonds is 4. The molecular formula is C13H20N2O3. The maximum Gasteiger partial charge on any atom is 0.414 e. The van der Waals surface area contributed by atoms with E-state index in [0.29, 0.717) is 12.3 Å². The van der Waals surface area contributed by atoms with E-state index in [1.807, 2.05) is 25.1 Å². The molecule has 0 aliphatic rings. The average molecular weight is 252 g/mol. The van der Waals surface area contributed by atoms with E-state index >= 15 is 0 Å². The largest absolute Gasteiger partial charge is 0.414 e. The first kappa shape index (κ1) is 14.5. The zero-order valence-corrected chi connectivity index (χ0v) is 11.3. The lowest BCUT2D eigenvalue weighted by Gasteiger charge is -2.17. The van der Waals surface area contributed by atoms with Crippen LogP contribution in [0.25, 0.3) is 0 Å². The van der Waals surface area contributed by atoms with Crippen LogP contribution in [-0.2, 0) is 13.2 Å². The van der Waals surface area contributed by atoms with Crippen molar-refractivity contribution in [3.8, 4) is 5.75 Å². The third kappa shape index (κ3) is 4.01. The molecule has 1 aromatic rings. The van der Waals surface area contributed by atoms with E-state index in [0.717, 1.165) is 11.1 Å². The lowest BCUT2D eigenvalue weighted by molar-refractivity contribution is 0.171. The summed E-state index contributed by atoms with van der Waals surface area (Å²) in [7, 11) is 7.14. The van der Waals surface area contributed by atoms with Crippen molar-refractivity contribution >= 4 is 6.09 Å². The van der Waals surface area contributed by atoms with Gasteiger partial charge in [0.25, 0.3) is 0 Å². The monoisotopic (exact) mass is 252 g/mol. The van der Waals surface area contributed by atoms with Crippen LogP contribution >= 0.6 is 0 Å². The van der Waals surface area contributed by atoms with Gasteiger partial charge in [-0.25, -0.2) is 4.79 Å². The molecule has 18 heavy (non-hydrogen) atoms. The van der Waals surface area contributed by atoms with Crippen LogP contribution in [0.15, 0.2) is 18.2 Å². The maximum atomic E-state index is 11.5. The lowest BCUT2D eigenvalue weighted by Crippen LogP contribution is -2.26. The SMILES string of the molecule is CN(C)Cc1cc(CO)ccc1OC(=O)N(C)C. The van der Waals surface area contributed by atoms with E-state index in [4.69, 9.17) is 9.84 Å². The normalized spacial score (nSPS) is 10.6. The summed E-state index contributed by atoms with van der Waals surface area (Å²) in [6.07, 6.45) is -0.410. The van der Waals surface area contributed by atoms with Gasteiger partial charge in [-0.3, -0.25) is 0 Å². The molecule has 0 spiro atoms. The number of amides is 1. The summed E-state index contributed by atoms with van der Waals surface area (Å²) in [5.41, 5.74) is 1.68. The highest BCUT2D eigenvalue weighted by Crippen LogP contribution is 2.22. The van der Waals surface area contributed by atoms with Crippen LogP contribution in [-0.4, -0.2) is 49.2 Å². The first-order valence-electron chi connectivity index (χ1n) is 5.70. The molecule has 0 radical (unpaired) electrons. The first-order chi connectivity index (χ1) is 8.43. The second kappa shape index (κ2) is 6.37. The van der Waals surface area contributed by atoms with Gasteiger partial charge < -0.3 is 19.6 Å². The molecule has 0 saturated carbocycles. The summed E-state index contributed by atoms with van der Waals surface area (Å²) in [6.45, 7) is 0.617. The minimum Gasteiger partial charge on any atom is -0.410 e. The molecule has 100 valence electrons. The molecule has 0 heterocycles. The topological polar surface area (TPSA) is 53.0 Å². The summed E-state index contributed by atoms with van der Waals surface area (Å²) in [5.74, 6) is 0.527. The second-order valence-electron chi connectivity index (χ2n) is 4.60. The summed E-state index contributed by atoms with van der Waals surface area (Å²) in [6, 6.07) is 5.31. The smallest absolute Gasteiger partial charge is 0.410 e. The van der Waals surface area contributed by atoms with Crippen LogP contribution in [0.2, 0.25) is 0 Å². The number of aliphatic hydroxyl groups excluding tert-OH is 1. The van der Waals surface area contributed by atoms with Crippen molar-refractivity contribution in [1.29, 1.82) is 0 Å². The standard InChI is InChI=1S/C13H20N2O3/c1-14(2)8-11-7-10(9-16)5-6-12(11)18-13(17)15(3)4/h5-7,16H,8-9H2,1-4H3. The molecule has 1 amide bonds. The summed E-state index contributed by atoms with van der Waals surface area (Å²) in [4.78, 5) is 14.9. The van der Waals surface area contributed by atoms with Crippen molar-refractivity contribution in [3.63, 3.8) is 0 Å². The quantitative estimate of drug-likeness (QED) is 0.877. The number of hydrogen-bond donors (Lipinski definition) is 1. The average Bonchev–Trinajstić information content (AvgIpc) is 2.30. The Kier molecular flexibility index (Phi) is 5.12. The summed E-state index contributed by atoms with van der Waals surface area (Å²) in [5, 5.41) is 9.13. The molecule has 0 aliphatic heterocycles. The third-order valence-corrected chi connectivity index (χ3v) is 2.36. The van der Waals surface area contributed by atoms with E-state index < -0.39 is 6.09 Å². The maximum absolute atomic E-state index is 11.5. The van der Waals surface area contributed by atoms with Crippen molar-refractivity contribution in [3.05, 3.63) is 29.3 Å². The van der Waals surface area contributed by atoms with Crippen molar-refractivity contribution in [2.75, 3.05) is 28.2 Å². The molecule has 0 saturated heterocycles. The Hall–Kier alpha value is -1.59. The van der Waals surface area contributed by atoms with E-state index in [2.05, 4.69) is 0 Å². The number of ether oxygens (including phenoxy) is 1. The molecule has 1 rings (SSSR count). The molecule has 5 heteroatoms. The van der Waals surface area contributed by atoms with Gasteiger partial charge in [-0.15, -0.1) is 0 Å². The number of aliphatic hydroxyl groups is 1. The fourth-order valence-electron chi connectivity index (χ4n) is 1.48. The molecule has 0 atom stereocenters. The Labute approximate surface area is 108 Å². The van der Waals surface area contributed by atoms with Gasteiger partial charge in [0.2, 0.25) is 0 Å². The van der Waals surface area contributed by atoms with Crippen molar-refractivity contribution < 1.29 is 14.6 Å². The van der Waals surface area contributed by atoms with Gasteiger partial charge in [0.1, 0.15) is 5.75 Å². The predicted molar refractivity (Wildman–Crippen MR) is 69.5 cm³/mol. The van der Waals surface area contributed by atoms with Gasteiger partial charge in [0.05, 0.1) is 6.61 Å². The van der Waals surface area contributed by atoms with Crippen LogP contribution in [0.3, 0.4) is 0 Å². The molecular weight excluding hydrogens is 232 g/mol. The second-order valence-corrected chi connectivity index (χ2v) is 4.60. The highest BCUT2D eigenvalue weighted by molar-refractivity contribution is 5.70. The highest BCUT2D eigenvalue weighted by Gasteiger charge is 2.12. The predicted octanol–water partition coefficient (Wildman–Crippen LogP) is 1.30. The van der Waals surface area contributed by atoms with Crippen LogP contribution in [0.4, 0.5) is 4.79 Å². The van der Waals surface area contributed by atoms with Crippen LogP contribution in [0.5, 0.6) is 5.75 Å². The van der Waals surface area contributed by atoms with E-state index in [1.54, 1.807) is 26.2 Å². The number of carbonyl (C=O) groups is 1. The Balaban J connectivity index is 2.98. The Bertz CT molecular complexity index is 417. The van der Waals surface area contributed by atoms with Crippen molar-refractivity contribution in [1.82, 2.24) is 9.80 Å². The van der Waals surface area contributed by atoms with Crippen LogP contribution in [0.1, 0.15) is 11.1 Å². The minimum absolute atomic E-state index is 0.0255. The Morgan fingerprint density at radius 1 is 1.28 bits per heavy atom. The van der Waals surface area contributed by atoms with E-state index in [9.17, 15) is 4.79 Å². The van der Waals surface area contributed by atoms with Crippen LogP contribution < -0.4 is 4.74 Å². The third-order valence-electron chi connectivity index (χ3n) is 2.36. The molecule has 1 N–H and O–H groups in total. The molecule has 0 bridgehead atoms. The molecule has 0 fully saturated rings. The lowest BCUT2D eigenvalue weighted by atomic mass is 10.1. The summed E-state index contributed by atoms with van der Waals surface area (Å²) < 4.78 is 5.29. The van der Waals surface area contributed by atoms with Crippen molar-refractivity contribution in [2.45, 2.75) is 13.2 Å². The van der Waals surface area contributed by atoms with E-state index in [1.165, 1.54) is 4.90 Å².